The van der Waals surface area contributed by atoms with Crippen molar-refractivity contribution >= 4 is 17.7 Å². The summed E-state index contributed by atoms with van der Waals surface area (Å²) in [6.45, 7) is 1.88. The Kier molecular flexibility index (Phi) is 3.32. The van der Waals surface area contributed by atoms with Crippen molar-refractivity contribution in [3.63, 3.8) is 0 Å². The van der Waals surface area contributed by atoms with Crippen molar-refractivity contribution in [1.82, 2.24) is 14.7 Å². The molecule has 0 radical (unpaired) electrons. The molecule has 1 aromatic rings. The van der Waals surface area contributed by atoms with Gasteiger partial charge >= 0.3 is 0 Å². The van der Waals surface area contributed by atoms with Gasteiger partial charge in [-0.05, 0) is 25.0 Å². The lowest BCUT2D eigenvalue weighted by molar-refractivity contribution is -0.162. The molecule has 0 bridgehead atoms. The second-order valence-electron chi connectivity index (χ2n) is 6.35. The molecular formula is C17H19N3O3. The summed E-state index contributed by atoms with van der Waals surface area (Å²) >= 11 is 0. The number of carbonyl (C=O) groups is 3. The van der Waals surface area contributed by atoms with Crippen molar-refractivity contribution in [3.05, 3.63) is 35.9 Å². The number of rotatable bonds is 1. The van der Waals surface area contributed by atoms with Gasteiger partial charge in [0.25, 0.3) is 5.91 Å². The van der Waals surface area contributed by atoms with E-state index in [0.29, 0.717) is 31.7 Å². The molecule has 3 aliphatic rings. The molecule has 0 aromatic heterocycles. The molecule has 3 aliphatic heterocycles. The van der Waals surface area contributed by atoms with Crippen molar-refractivity contribution in [3.8, 4) is 0 Å². The van der Waals surface area contributed by atoms with Crippen molar-refractivity contribution < 1.29 is 14.4 Å². The first-order valence-electron chi connectivity index (χ1n) is 8.12. The normalized spacial score (nSPS) is 27.0. The molecule has 4 rings (SSSR count). The average molecular weight is 313 g/mol. The predicted octanol–water partition coefficient (Wildman–Crippen LogP) is 0.344. The molecule has 0 spiro atoms. The smallest absolute Gasteiger partial charge is 0.253 e. The van der Waals surface area contributed by atoms with Crippen molar-refractivity contribution in [1.29, 1.82) is 0 Å². The summed E-state index contributed by atoms with van der Waals surface area (Å²) in [7, 11) is 0. The molecule has 3 saturated heterocycles. The highest BCUT2D eigenvalue weighted by Crippen LogP contribution is 2.29. The van der Waals surface area contributed by atoms with Gasteiger partial charge in [0.2, 0.25) is 11.8 Å². The van der Waals surface area contributed by atoms with E-state index in [1.807, 2.05) is 18.2 Å². The second kappa shape index (κ2) is 5.37. The Hall–Kier alpha value is -2.37. The van der Waals surface area contributed by atoms with Gasteiger partial charge in [0.1, 0.15) is 12.1 Å². The van der Waals surface area contributed by atoms with Gasteiger partial charge in [0.15, 0.2) is 0 Å². The van der Waals surface area contributed by atoms with E-state index in [1.165, 1.54) is 0 Å². The summed E-state index contributed by atoms with van der Waals surface area (Å²) in [5.41, 5.74) is 0.620. The fraction of sp³-hybridized carbons (Fsp3) is 0.471. The van der Waals surface area contributed by atoms with E-state index in [-0.39, 0.29) is 23.8 Å². The standard InChI is InChI=1S/C17H19N3O3/c21-15(12-5-2-1-3-6-12)18-9-10-20-14(11-18)17(23)19-8-4-7-13(19)16(20)22/h1-3,5-6,13-14H,4,7-11H2/t13-,14+/m0/s1. The van der Waals surface area contributed by atoms with E-state index in [1.54, 1.807) is 26.8 Å². The molecule has 120 valence electrons. The Labute approximate surface area is 134 Å². The predicted molar refractivity (Wildman–Crippen MR) is 82.6 cm³/mol. The number of amides is 3. The van der Waals surface area contributed by atoms with Crippen LogP contribution < -0.4 is 0 Å². The third-order valence-electron chi connectivity index (χ3n) is 5.08. The third-order valence-corrected chi connectivity index (χ3v) is 5.08. The van der Waals surface area contributed by atoms with Crippen LogP contribution in [0.2, 0.25) is 0 Å². The number of hydrogen-bond donors (Lipinski definition) is 0. The molecule has 0 saturated carbocycles. The van der Waals surface area contributed by atoms with Crippen LogP contribution in [0.3, 0.4) is 0 Å². The summed E-state index contributed by atoms with van der Waals surface area (Å²) in [5, 5.41) is 0. The fourth-order valence-corrected chi connectivity index (χ4v) is 3.88. The fourth-order valence-electron chi connectivity index (χ4n) is 3.88. The molecular weight excluding hydrogens is 294 g/mol. The van der Waals surface area contributed by atoms with Crippen LogP contribution in [0, 0.1) is 0 Å². The summed E-state index contributed by atoms with van der Waals surface area (Å²) in [6.07, 6.45) is 1.65. The highest BCUT2D eigenvalue weighted by atomic mass is 16.2. The van der Waals surface area contributed by atoms with Crippen LogP contribution in [0.25, 0.3) is 0 Å². The van der Waals surface area contributed by atoms with E-state index in [9.17, 15) is 14.4 Å². The second-order valence-corrected chi connectivity index (χ2v) is 6.35. The van der Waals surface area contributed by atoms with E-state index >= 15 is 0 Å². The van der Waals surface area contributed by atoms with E-state index < -0.39 is 6.04 Å². The molecule has 3 heterocycles. The maximum absolute atomic E-state index is 12.7. The Morgan fingerprint density at radius 1 is 0.913 bits per heavy atom. The van der Waals surface area contributed by atoms with E-state index in [4.69, 9.17) is 0 Å². The lowest BCUT2D eigenvalue weighted by Crippen LogP contribution is -2.69. The van der Waals surface area contributed by atoms with Gasteiger partial charge < -0.3 is 14.7 Å². The zero-order chi connectivity index (χ0) is 16.0. The van der Waals surface area contributed by atoms with E-state index in [0.717, 1.165) is 12.8 Å². The number of benzene rings is 1. The first-order valence-corrected chi connectivity index (χ1v) is 8.12. The number of piperazine rings is 2. The van der Waals surface area contributed by atoms with Crippen molar-refractivity contribution in [2.24, 2.45) is 0 Å². The lowest BCUT2D eigenvalue weighted by Gasteiger charge is -2.47. The van der Waals surface area contributed by atoms with Gasteiger partial charge in [0, 0.05) is 25.2 Å². The number of nitrogens with zero attached hydrogens (tertiary/aromatic N) is 3. The molecule has 0 N–H and O–H groups in total. The molecule has 23 heavy (non-hydrogen) atoms. The molecule has 0 unspecified atom stereocenters. The summed E-state index contributed by atoms with van der Waals surface area (Å²) in [6, 6.07) is 8.29. The molecule has 1 aromatic carbocycles. The third kappa shape index (κ3) is 2.20. The largest absolute Gasteiger partial charge is 0.334 e. The van der Waals surface area contributed by atoms with Crippen molar-refractivity contribution in [2.75, 3.05) is 26.2 Å². The quantitative estimate of drug-likeness (QED) is 0.751. The van der Waals surface area contributed by atoms with E-state index in [2.05, 4.69) is 0 Å². The molecule has 2 atom stereocenters. The maximum atomic E-state index is 12.7. The number of fused-ring (bicyclic) bond motifs is 2. The summed E-state index contributed by atoms with van der Waals surface area (Å²) in [4.78, 5) is 42.9. The lowest BCUT2D eigenvalue weighted by atomic mass is 10.0. The van der Waals surface area contributed by atoms with Gasteiger partial charge in [-0.15, -0.1) is 0 Å². The van der Waals surface area contributed by atoms with Crippen LogP contribution in [0.15, 0.2) is 30.3 Å². The van der Waals surface area contributed by atoms with Gasteiger partial charge in [-0.1, -0.05) is 18.2 Å². The monoisotopic (exact) mass is 313 g/mol. The molecule has 6 nitrogen and oxygen atoms in total. The minimum Gasteiger partial charge on any atom is -0.334 e. The Balaban J connectivity index is 1.55. The topological polar surface area (TPSA) is 60.9 Å². The Morgan fingerprint density at radius 2 is 1.61 bits per heavy atom. The zero-order valence-corrected chi connectivity index (χ0v) is 12.9. The van der Waals surface area contributed by atoms with Crippen LogP contribution in [0.5, 0.6) is 0 Å². The van der Waals surface area contributed by atoms with Crippen LogP contribution >= 0.6 is 0 Å². The van der Waals surface area contributed by atoms with Crippen LogP contribution in [0.4, 0.5) is 0 Å². The van der Waals surface area contributed by atoms with Gasteiger partial charge in [-0.3, -0.25) is 14.4 Å². The Morgan fingerprint density at radius 3 is 2.39 bits per heavy atom. The summed E-state index contributed by atoms with van der Waals surface area (Å²) < 4.78 is 0. The highest BCUT2D eigenvalue weighted by Gasteiger charge is 2.49. The summed E-state index contributed by atoms with van der Waals surface area (Å²) in [5.74, 6) is -0.0226. The van der Waals surface area contributed by atoms with Gasteiger partial charge in [0.05, 0.1) is 6.54 Å². The zero-order valence-electron chi connectivity index (χ0n) is 12.9. The van der Waals surface area contributed by atoms with Crippen LogP contribution in [0.1, 0.15) is 23.2 Å². The van der Waals surface area contributed by atoms with Gasteiger partial charge in [-0.25, -0.2) is 0 Å². The number of carbonyl (C=O) groups excluding carboxylic acids is 3. The van der Waals surface area contributed by atoms with Gasteiger partial charge in [-0.2, -0.15) is 0 Å². The highest BCUT2D eigenvalue weighted by molar-refractivity contribution is 5.99. The molecule has 3 amide bonds. The minimum absolute atomic E-state index is 0.00217. The first-order chi connectivity index (χ1) is 11.2. The molecule has 0 aliphatic carbocycles. The minimum atomic E-state index is -0.515. The van der Waals surface area contributed by atoms with Crippen molar-refractivity contribution in [2.45, 2.75) is 24.9 Å². The maximum Gasteiger partial charge on any atom is 0.253 e. The van der Waals surface area contributed by atoms with Crippen LogP contribution in [-0.2, 0) is 9.59 Å². The SMILES string of the molecule is O=C(c1ccccc1)N1CCN2C(=O)[C@@H]3CCCN3C(=O)[C@H]2C1. The Bertz CT molecular complexity index is 660. The molecule has 3 fully saturated rings. The molecule has 6 heteroatoms. The van der Waals surface area contributed by atoms with Crippen LogP contribution in [-0.4, -0.2) is 70.7 Å². The average Bonchev–Trinajstić information content (AvgIpc) is 3.09. The number of hydrogen-bond acceptors (Lipinski definition) is 3. The first kappa shape index (κ1) is 14.2.